The van der Waals surface area contributed by atoms with Gasteiger partial charge in [0.05, 0.1) is 5.56 Å². The standard InChI is InChI=1S/C12H11ClFNO3/c13-7-2-3-8(9(14)6-7)10(16)15-12(11(17)18)4-1-5-12/h2-3,6H,1,4-5H2,(H,15,16)(H,17,18). The van der Waals surface area contributed by atoms with Gasteiger partial charge in [0.2, 0.25) is 0 Å². The summed E-state index contributed by atoms with van der Waals surface area (Å²) in [6.07, 6.45) is 1.46. The van der Waals surface area contributed by atoms with E-state index in [2.05, 4.69) is 5.32 Å². The zero-order valence-electron chi connectivity index (χ0n) is 9.37. The Morgan fingerprint density at radius 1 is 1.39 bits per heavy atom. The van der Waals surface area contributed by atoms with Gasteiger partial charge in [-0.3, -0.25) is 4.79 Å². The number of aliphatic carboxylic acids is 1. The average Bonchev–Trinajstić information content (AvgIpc) is 2.22. The van der Waals surface area contributed by atoms with Crippen molar-refractivity contribution in [2.24, 2.45) is 0 Å². The average molecular weight is 272 g/mol. The van der Waals surface area contributed by atoms with Crippen molar-refractivity contribution in [2.75, 3.05) is 0 Å². The third-order valence-electron chi connectivity index (χ3n) is 3.15. The maximum absolute atomic E-state index is 13.5. The molecular weight excluding hydrogens is 261 g/mol. The first-order valence-electron chi connectivity index (χ1n) is 5.45. The second-order valence-electron chi connectivity index (χ2n) is 4.32. The number of carboxylic acids is 1. The summed E-state index contributed by atoms with van der Waals surface area (Å²) in [6.45, 7) is 0. The molecule has 0 bridgehead atoms. The Morgan fingerprint density at radius 3 is 2.50 bits per heavy atom. The van der Waals surface area contributed by atoms with Crippen LogP contribution in [0.3, 0.4) is 0 Å². The van der Waals surface area contributed by atoms with Gasteiger partial charge in [0.15, 0.2) is 0 Å². The fourth-order valence-corrected chi connectivity index (χ4v) is 2.04. The minimum absolute atomic E-state index is 0.181. The fourth-order valence-electron chi connectivity index (χ4n) is 1.88. The second kappa shape index (κ2) is 4.57. The predicted octanol–water partition coefficient (Wildman–Crippen LogP) is 2.22. The van der Waals surface area contributed by atoms with E-state index >= 15 is 0 Å². The molecule has 96 valence electrons. The maximum Gasteiger partial charge on any atom is 0.329 e. The van der Waals surface area contributed by atoms with Crippen LogP contribution in [0.2, 0.25) is 5.02 Å². The fraction of sp³-hybridized carbons (Fsp3) is 0.333. The van der Waals surface area contributed by atoms with Crippen LogP contribution >= 0.6 is 11.6 Å². The Hall–Kier alpha value is -1.62. The van der Waals surface area contributed by atoms with Gasteiger partial charge in [-0.25, -0.2) is 9.18 Å². The van der Waals surface area contributed by atoms with Gasteiger partial charge in [0.25, 0.3) is 5.91 Å². The topological polar surface area (TPSA) is 66.4 Å². The second-order valence-corrected chi connectivity index (χ2v) is 4.76. The van der Waals surface area contributed by atoms with E-state index in [9.17, 15) is 14.0 Å². The third-order valence-corrected chi connectivity index (χ3v) is 3.38. The van der Waals surface area contributed by atoms with Crippen molar-refractivity contribution in [2.45, 2.75) is 24.8 Å². The molecule has 1 aromatic carbocycles. The number of hydrogen-bond acceptors (Lipinski definition) is 2. The molecule has 0 aromatic heterocycles. The molecule has 0 unspecified atom stereocenters. The number of halogens is 2. The molecule has 4 nitrogen and oxygen atoms in total. The number of nitrogens with one attached hydrogen (secondary N) is 1. The highest BCUT2D eigenvalue weighted by molar-refractivity contribution is 6.30. The van der Waals surface area contributed by atoms with E-state index in [1.165, 1.54) is 12.1 Å². The van der Waals surface area contributed by atoms with Crippen LogP contribution < -0.4 is 5.32 Å². The number of carbonyl (C=O) groups is 2. The normalized spacial score (nSPS) is 16.8. The zero-order chi connectivity index (χ0) is 13.3. The molecule has 1 amide bonds. The molecule has 0 saturated heterocycles. The van der Waals surface area contributed by atoms with Crippen LogP contribution in [0.15, 0.2) is 18.2 Å². The summed E-state index contributed by atoms with van der Waals surface area (Å²) < 4.78 is 13.5. The Bertz CT molecular complexity index is 514. The zero-order valence-corrected chi connectivity index (χ0v) is 10.1. The summed E-state index contributed by atoms with van der Waals surface area (Å²) in [6, 6.07) is 3.64. The lowest BCUT2D eigenvalue weighted by Gasteiger charge is -2.38. The Balaban J connectivity index is 2.19. The molecule has 2 rings (SSSR count). The molecule has 6 heteroatoms. The van der Waals surface area contributed by atoms with Crippen molar-refractivity contribution < 1.29 is 19.1 Å². The molecule has 1 aromatic rings. The summed E-state index contributed by atoms with van der Waals surface area (Å²) >= 11 is 5.58. The molecule has 2 N–H and O–H groups in total. The Kier molecular flexibility index (Phi) is 3.26. The van der Waals surface area contributed by atoms with E-state index in [1.807, 2.05) is 0 Å². The molecule has 0 spiro atoms. The van der Waals surface area contributed by atoms with Crippen molar-refractivity contribution in [1.82, 2.24) is 5.32 Å². The van der Waals surface area contributed by atoms with Crippen LogP contribution in [0, 0.1) is 5.82 Å². The molecule has 1 aliphatic carbocycles. The maximum atomic E-state index is 13.5. The van der Waals surface area contributed by atoms with Crippen molar-refractivity contribution in [3.8, 4) is 0 Å². The molecule has 0 aliphatic heterocycles. The largest absolute Gasteiger partial charge is 0.480 e. The molecule has 0 radical (unpaired) electrons. The van der Waals surface area contributed by atoms with Gasteiger partial charge in [0.1, 0.15) is 11.4 Å². The monoisotopic (exact) mass is 271 g/mol. The summed E-state index contributed by atoms with van der Waals surface area (Å²) in [4.78, 5) is 22.9. The van der Waals surface area contributed by atoms with Gasteiger partial charge >= 0.3 is 5.97 Å². The number of carbonyl (C=O) groups excluding carboxylic acids is 1. The number of rotatable bonds is 3. The number of hydrogen-bond donors (Lipinski definition) is 2. The molecule has 0 atom stereocenters. The minimum Gasteiger partial charge on any atom is -0.480 e. The molecule has 0 heterocycles. The van der Waals surface area contributed by atoms with Gasteiger partial charge in [-0.05, 0) is 37.5 Å². The van der Waals surface area contributed by atoms with Crippen LogP contribution in [0.4, 0.5) is 4.39 Å². The molecular formula is C12H11ClFNO3. The minimum atomic E-state index is -1.25. The Labute approximate surface area is 108 Å². The van der Waals surface area contributed by atoms with Gasteiger partial charge in [-0.2, -0.15) is 0 Å². The van der Waals surface area contributed by atoms with Crippen molar-refractivity contribution in [3.63, 3.8) is 0 Å². The van der Waals surface area contributed by atoms with Crippen molar-refractivity contribution in [3.05, 3.63) is 34.6 Å². The highest BCUT2D eigenvalue weighted by Crippen LogP contribution is 2.32. The van der Waals surface area contributed by atoms with Gasteiger partial charge in [-0.15, -0.1) is 0 Å². The number of amides is 1. The lowest BCUT2D eigenvalue weighted by atomic mass is 9.76. The number of benzene rings is 1. The quantitative estimate of drug-likeness (QED) is 0.886. The van der Waals surface area contributed by atoms with Gasteiger partial charge < -0.3 is 10.4 Å². The van der Waals surface area contributed by atoms with E-state index in [-0.39, 0.29) is 10.6 Å². The Morgan fingerprint density at radius 2 is 2.06 bits per heavy atom. The van der Waals surface area contributed by atoms with Crippen molar-refractivity contribution >= 4 is 23.5 Å². The summed E-state index contributed by atoms with van der Waals surface area (Å²) in [7, 11) is 0. The molecule has 1 aliphatic rings. The van der Waals surface area contributed by atoms with E-state index in [0.29, 0.717) is 12.8 Å². The van der Waals surface area contributed by atoms with Crippen LogP contribution in [0.25, 0.3) is 0 Å². The van der Waals surface area contributed by atoms with E-state index < -0.39 is 23.2 Å². The van der Waals surface area contributed by atoms with Crippen LogP contribution in [0.5, 0.6) is 0 Å². The molecule has 18 heavy (non-hydrogen) atoms. The van der Waals surface area contributed by atoms with Gasteiger partial charge in [0, 0.05) is 5.02 Å². The predicted molar refractivity (Wildman–Crippen MR) is 63.1 cm³/mol. The van der Waals surface area contributed by atoms with E-state index in [0.717, 1.165) is 12.5 Å². The van der Waals surface area contributed by atoms with E-state index in [4.69, 9.17) is 16.7 Å². The van der Waals surface area contributed by atoms with Gasteiger partial charge in [-0.1, -0.05) is 11.6 Å². The highest BCUT2D eigenvalue weighted by atomic mass is 35.5. The summed E-state index contributed by atoms with van der Waals surface area (Å²) in [5.74, 6) is -2.58. The summed E-state index contributed by atoms with van der Waals surface area (Å²) in [5.41, 5.74) is -1.45. The first kappa shape index (κ1) is 12.8. The summed E-state index contributed by atoms with van der Waals surface area (Å²) in [5, 5.41) is 11.6. The van der Waals surface area contributed by atoms with E-state index in [1.54, 1.807) is 0 Å². The first-order chi connectivity index (χ1) is 8.44. The van der Waals surface area contributed by atoms with Crippen LogP contribution in [-0.4, -0.2) is 22.5 Å². The van der Waals surface area contributed by atoms with Crippen molar-refractivity contribution in [1.29, 1.82) is 0 Å². The molecule has 1 saturated carbocycles. The molecule has 1 fully saturated rings. The third kappa shape index (κ3) is 2.18. The first-order valence-corrected chi connectivity index (χ1v) is 5.83. The van der Waals surface area contributed by atoms with Crippen LogP contribution in [0.1, 0.15) is 29.6 Å². The highest BCUT2D eigenvalue weighted by Gasteiger charge is 2.45. The smallest absolute Gasteiger partial charge is 0.329 e. The van der Waals surface area contributed by atoms with Crippen LogP contribution in [-0.2, 0) is 4.79 Å². The lowest BCUT2D eigenvalue weighted by molar-refractivity contribution is -0.148. The lowest BCUT2D eigenvalue weighted by Crippen LogP contribution is -2.59. The number of carboxylic acid groups (broad SMARTS) is 1. The SMILES string of the molecule is O=C(NC1(C(=O)O)CCC1)c1ccc(Cl)cc1F.